The molecule has 0 unspecified atom stereocenters. The van der Waals surface area contributed by atoms with Crippen molar-refractivity contribution in [3.63, 3.8) is 0 Å². The predicted molar refractivity (Wildman–Crippen MR) is 46.4 cm³/mol. The van der Waals surface area contributed by atoms with Crippen molar-refractivity contribution < 1.29 is 4.42 Å². The Hall–Kier alpha value is -1.95. The van der Waals surface area contributed by atoms with Crippen molar-refractivity contribution in [2.75, 3.05) is 5.73 Å². The third-order valence-corrected chi connectivity index (χ3v) is 1.64. The summed E-state index contributed by atoms with van der Waals surface area (Å²) in [7, 11) is 0. The highest BCUT2D eigenvalue weighted by atomic mass is 16.3. The Morgan fingerprint density at radius 1 is 1.58 bits per heavy atom. The number of furan rings is 1. The summed E-state index contributed by atoms with van der Waals surface area (Å²) in [6.07, 6.45) is 6.79. The van der Waals surface area contributed by atoms with Gasteiger partial charge in [0.1, 0.15) is 0 Å². The third-order valence-electron chi connectivity index (χ3n) is 1.64. The van der Waals surface area contributed by atoms with E-state index in [0.29, 0.717) is 17.2 Å². The molecule has 0 aliphatic heterocycles. The molecule has 0 radical (unpaired) electrons. The van der Waals surface area contributed by atoms with Gasteiger partial charge < -0.3 is 10.2 Å². The molecule has 2 aromatic heterocycles. The molecule has 0 fully saturated rings. The highest BCUT2D eigenvalue weighted by molar-refractivity contribution is 5.89. The molecule has 3 nitrogen and oxygen atoms in total. The van der Waals surface area contributed by atoms with Crippen molar-refractivity contribution in [1.29, 1.82) is 0 Å². The zero-order chi connectivity index (χ0) is 8.55. The number of nitrogens with two attached hydrogens (primary N) is 1. The minimum absolute atomic E-state index is 0.351. The van der Waals surface area contributed by atoms with Crippen molar-refractivity contribution in [3.05, 3.63) is 24.1 Å². The van der Waals surface area contributed by atoms with Gasteiger partial charge in [-0.25, -0.2) is 4.98 Å². The molecule has 2 N–H and O–H groups in total. The van der Waals surface area contributed by atoms with Gasteiger partial charge in [0.25, 0.3) is 0 Å². The van der Waals surface area contributed by atoms with Crippen LogP contribution >= 0.6 is 0 Å². The van der Waals surface area contributed by atoms with Crippen molar-refractivity contribution in [1.82, 2.24) is 4.98 Å². The number of rotatable bonds is 0. The fourth-order valence-electron chi connectivity index (χ4n) is 1.06. The lowest BCUT2D eigenvalue weighted by Crippen LogP contribution is -1.84. The van der Waals surface area contributed by atoms with Crippen molar-refractivity contribution >= 4 is 16.8 Å². The predicted octanol–water partition coefficient (Wildman–Crippen LogP) is 1.39. The molecule has 3 heteroatoms. The Balaban J connectivity index is 2.90. The van der Waals surface area contributed by atoms with Crippen molar-refractivity contribution in [2.24, 2.45) is 0 Å². The first kappa shape index (κ1) is 6.74. The van der Waals surface area contributed by atoms with E-state index in [1.807, 2.05) is 6.07 Å². The van der Waals surface area contributed by atoms with E-state index in [1.54, 1.807) is 12.3 Å². The van der Waals surface area contributed by atoms with Gasteiger partial charge in [-0.1, -0.05) is 0 Å². The Kier molecular flexibility index (Phi) is 1.28. The Bertz CT molecular complexity index is 465. The lowest BCUT2D eigenvalue weighted by molar-refractivity contribution is 0.591. The molecule has 0 saturated heterocycles. The molecule has 0 bridgehead atoms. The first-order valence-corrected chi connectivity index (χ1v) is 3.42. The summed E-state index contributed by atoms with van der Waals surface area (Å²) in [5, 5.41) is 0.769. The molecule has 0 aliphatic rings. The van der Waals surface area contributed by atoms with Gasteiger partial charge >= 0.3 is 0 Å². The topological polar surface area (TPSA) is 52.0 Å². The largest absolute Gasteiger partial charge is 0.427 e. The van der Waals surface area contributed by atoms with Gasteiger partial charge in [0.2, 0.25) is 11.5 Å². The standard InChI is InChI=1S/C9H6N2O/c1-2-7-8(10)6-4-3-5-11-9(6)12-7/h1,3-5H,10H2. The number of anilines is 1. The number of nitrogens with zero attached hydrogens (tertiary/aromatic N) is 1. The van der Waals surface area contributed by atoms with Crippen LogP contribution in [0.5, 0.6) is 0 Å². The molecule has 2 heterocycles. The monoisotopic (exact) mass is 158 g/mol. The number of terminal acetylenes is 1. The average Bonchev–Trinajstić information content (AvgIpc) is 2.44. The number of hydrogen-bond donors (Lipinski definition) is 1. The summed E-state index contributed by atoms with van der Waals surface area (Å²) >= 11 is 0. The van der Waals surface area contributed by atoms with Gasteiger partial charge in [-0.15, -0.1) is 6.42 Å². The molecule has 2 aromatic rings. The maximum Gasteiger partial charge on any atom is 0.229 e. The molecule has 0 atom stereocenters. The lowest BCUT2D eigenvalue weighted by Gasteiger charge is -1.84. The fourth-order valence-corrected chi connectivity index (χ4v) is 1.06. The van der Waals surface area contributed by atoms with Crippen molar-refractivity contribution in [2.45, 2.75) is 0 Å². The number of fused-ring (bicyclic) bond motifs is 1. The third kappa shape index (κ3) is 0.753. The number of nitrogen functional groups attached to an aromatic ring is 1. The van der Waals surface area contributed by atoms with E-state index in [4.69, 9.17) is 16.6 Å². The van der Waals surface area contributed by atoms with Gasteiger partial charge in [-0.2, -0.15) is 0 Å². The summed E-state index contributed by atoms with van der Waals surface area (Å²) in [6, 6.07) is 3.61. The summed E-state index contributed by atoms with van der Waals surface area (Å²) in [5.41, 5.74) is 6.65. The van der Waals surface area contributed by atoms with E-state index < -0.39 is 0 Å². The highest BCUT2D eigenvalue weighted by Gasteiger charge is 2.08. The van der Waals surface area contributed by atoms with E-state index >= 15 is 0 Å². The van der Waals surface area contributed by atoms with Crippen LogP contribution in [0.1, 0.15) is 5.76 Å². The summed E-state index contributed by atoms with van der Waals surface area (Å²) < 4.78 is 5.18. The normalized spacial score (nSPS) is 9.92. The molecule has 0 saturated carbocycles. The van der Waals surface area contributed by atoms with Crippen LogP contribution in [0.2, 0.25) is 0 Å². The van der Waals surface area contributed by atoms with Crippen LogP contribution < -0.4 is 5.73 Å². The molecular weight excluding hydrogens is 152 g/mol. The molecule has 58 valence electrons. The minimum atomic E-state index is 0.351. The summed E-state index contributed by atoms with van der Waals surface area (Å²) in [4.78, 5) is 3.97. The average molecular weight is 158 g/mol. The van der Waals surface area contributed by atoms with Gasteiger partial charge in [-0.05, 0) is 18.1 Å². The van der Waals surface area contributed by atoms with Crippen LogP contribution in [0.4, 0.5) is 5.69 Å². The van der Waals surface area contributed by atoms with Gasteiger partial charge in [-0.3, -0.25) is 0 Å². The van der Waals surface area contributed by atoms with Crippen LogP contribution in [0, 0.1) is 12.3 Å². The zero-order valence-corrected chi connectivity index (χ0v) is 6.24. The SMILES string of the molecule is C#Cc1oc2ncccc2c1N. The van der Waals surface area contributed by atoms with Crippen LogP contribution in [-0.2, 0) is 0 Å². The number of pyridine rings is 1. The van der Waals surface area contributed by atoms with E-state index in [0.717, 1.165) is 5.39 Å². The second kappa shape index (κ2) is 2.28. The molecular formula is C9H6N2O. The van der Waals surface area contributed by atoms with Crippen LogP contribution in [0.25, 0.3) is 11.1 Å². The van der Waals surface area contributed by atoms with E-state index in [9.17, 15) is 0 Å². The van der Waals surface area contributed by atoms with Crippen LogP contribution in [0.3, 0.4) is 0 Å². The lowest BCUT2D eigenvalue weighted by atomic mass is 10.3. The summed E-state index contributed by atoms with van der Waals surface area (Å²) in [6.45, 7) is 0. The van der Waals surface area contributed by atoms with Gasteiger partial charge in [0, 0.05) is 6.20 Å². The number of aromatic nitrogens is 1. The smallest absolute Gasteiger partial charge is 0.229 e. The molecule has 0 amide bonds. The molecule has 2 rings (SSSR count). The van der Waals surface area contributed by atoms with Crippen molar-refractivity contribution in [3.8, 4) is 12.3 Å². The fraction of sp³-hybridized carbons (Fsp3) is 0. The first-order chi connectivity index (χ1) is 5.83. The van der Waals surface area contributed by atoms with Crippen LogP contribution in [-0.4, -0.2) is 4.98 Å². The molecule has 0 spiro atoms. The van der Waals surface area contributed by atoms with E-state index in [-0.39, 0.29) is 0 Å². The maximum atomic E-state index is 5.67. The Morgan fingerprint density at radius 2 is 2.42 bits per heavy atom. The Morgan fingerprint density at radius 3 is 3.08 bits per heavy atom. The number of hydrogen-bond acceptors (Lipinski definition) is 3. The zero-order valence-electron chi connectivity index (χ0n) is 6.24. The minimum Gasteiger partial charge on any atom is -0.427 e. The first-order valence-electron chi connectivity index (χ1n) is 3.42. The van der Waals surface area contributed by atoms with Gasteiger partial charge in [0.05, 0.1) is 11.1 Å². The molecule has 0 aromatic carbocycles. The molecule has 0 aliphatic carbocycles. The second-order valence-electron chi connectivity index (χ2n) is 2.35. The maximum absolute atomic E-state index is 5.67. The second-order valence-corrected chi connectivity index (χ2v) is 2.35. The van der Waals surface area contributed by atoms with E-state index in [1.165, 1.54) is 0 Å². The van der Waals surface area contributed by atoms with E-state index in [2.05, 4.69) is 10.9 Å². The quantitative estimate of drug-likeness (QED) is 0.589. The van der Waals surface area contributed by atoms with Gasteiger partial charge in [0.15, 0.2) is 0 Å². The Labute approximate surface area is 69.2 Å². The molecule has 12 heavy (non-hydrogen) atoms. The summed E-state index contributed by atoms with van der Waals surface area (Å²) in [5.74, 6) is 2.70. The van der Waals surface area contributed by atoms with Crippen LogP contribution in [0.15, 0.2) is 22.7 Å². The highest BCUT2D eigenvalue weighted by Crippen LogP contribution is 2.25.